The molecule has 0 spiro atoms. The van der Waals surface area contributed by atoms with Gasteiger partial charge in [-0.3, -0.25) is 4.79 Å². The first-order chi connectivity index (χ1) is 12.1. The van der Waals surface area contributed by atoms with Gasteiger partial charge in [-0.05, 0) is 18.1 Å². The van der Waals surface area contributed by atoms with Crippen molar-refractivity contribution in [3.8, 4) is 11.5 Å². The van der Waals surface area contributed by atoms with Crippen LogP contribution in [-0.4, -0.2) is 28.7 Å². The standard InChI is InChI=1S/C18H22ClN3O3/c1-3-4-14(18-20-5-6-22(18)2)21-17(23)10-12-9-15-16(11-13(12)19)25-8-7-24-15/h5-6,9,11,14H,3-4,7-8,10H2,1-2H3,(H,21,23). The van der Waals surface area contributed by atoms with Crippen LogP contribution in [0.4, 0.5) is 0 Å². The van der Waals surface area contributed by atoms with E-state index in [2.05, 4.69) is 17.2 Å². The number of nitrogens with zero attached hydrogens (tertiary/aromatic N) is 2. The summed E-state index contributed by atoms with van der Waals surface area (Å²) in [5.74, 6) is 2.01. The van der Waals surface area contributed by atoms with Crippen LogP contribution in [-0.2, 0) is 18.3 Å². The van der Waals surface area contributed by atoms with E-state index in [0.29, 0.717) is 29.7 Å². The Morgan fingerprint density at radius 3 is 2.72 bits per heavy atom. The second kappa shape index (κ2) is 7.78. The number of ether oxygens (including phenoxy) is 2. The maximum Gasteiger partial charge on any atom is 0.225 e. The number of rotatable bonds is 6. The van der Waals surface area contributed by atoms with Gasteiger partial charge in [-0.2, -0.15) is 0 Å². The molecule has 0 bridgehead atoms. The molecule has 1 aliphatic heterocycles. The van der Waals surface area contributed by atoms with Crippen LogP contribution in [0.2, 0.25) is 5.02 Å². The minimum Gasteiger partial charge on any atom is -0.486 e. The highest BCUT2D eigenvalue weighted by atomic mass is 35.5. The molecule has 2 heterocycles. The van der Waals surface area contributed by atoms with Crippen LogP contribution in [0.1, 0.15) is 37.2 Å². The number of nitrogens with one attached hydrogen (secondary N) is 1. The van der Waals surface area contributed by atoms with Gasteiger partial charge in [-0.1, -0.05) is 24.9 Å². The molecule has 0 aliphatic carbocycles. The van der Waals surface area contributed by atoms with Gasteiger partial charge in [0, 0.05) is 30.5 Å². The lowest BCUT2D eigenvalue weighted by molar-refractivity contribution is -0.121. The number of imidazole rings is 1. The summed E-state index contributed by atoms with van der Waals surface area (Å²) in [7, 11) is 1.93. The lowest BCUT2D eigenvalue weighted by Crippen LogP contribution is -2.31. The third-order valence-electron chi connectivity index (χ3n) is 4.14. The molecule has 0 fully saturated rings. The van der Waals surface area contributed by atoms with Crippen LogP contribution in [0.15, 0.2) is 24.5 Å². The second-order valence-electron chi connectivity index (χ2n) is 6.07. The molecule has 1 amide bonds. The van der Waals surface area contributed by atoms with Crippen molar-refractivity contribution < 1.29 is 14.3 Å². The van der Waals surface area contributed by atoms with E-state index in [1.54, 1.807) is 18.3 Å². The third-order valence-corrected chi connectivity index (χ3v) is 4.50. The van der Waals surface area contributed by atoms with E-state index in [1.165, 1.54) is 0 Å². The Balaban J connectivity index is 1.72. The topological polar surface area (TPSA) is 65.4 Å². The molecule has 2 aromatic rings. The minimum atomic E-state index is -0.117. The summed E-state index contributed by atoms with van der Waals surface area (Å²) in [6.07, 6.45) is 5.57. The van der Waals surface area contributed by atoms with Crippen LogP contribution >= 0.6 is 11.6 Å². The number of amides is 1. The van der Waals surface area contributed by atoms with E-state index in [1.807, 2.05) is 17.8 Å². The van der Waals surface area contributed by atoms with Crippen molar-refractivity contribution in [2.45, 2.75) is 32.2 Å². The quantitative estimate of drug-likeness (QED) is 0.856. The van der Waals surface area contributed by atoms with Gasteiger partial charge in [0.15, 0.2) is 11.5 Å². The fourth-order valence-corrected chi connectivity index (χ4v) is 3.15. The van der Waals surface area contributed by atoms with Gasteiger partial charge >= 0.3 is 0 Å². The van der Waals surface area contributed by atoms with Crippen LogP contribution in [0.3, 0.4) is 0 Å². The van der Waals surface area contributed by atoms with Gasteiger partial charge in [0.05, 0.1) is 12.5 Å². The number of aromatic nitrogens is 2. The smallest absolute Gasteiger partial charge is 0.225 e. The molecule has 1 atom stereocenters. The van der Waals surface area contributed by atoms with Gasteiger partial charge in [0.2, 0.25) is 5.91 Å². The summed E-state index contributed by atoms with van der Waals surface area (Å²) in [6, 6.07) is 3.38. The zero-order valence-corrected chi connectivity index (χ0v) is 15.2. The molecule has 25 heavy (non-hydrogen) atoms. The van der Waals surface area contributed by atoms with Crippen molar-refractivity contribution in [1.82, 2.24) is 14.9 Å². The maximum atomic E-state index is 12.5. The number of hydrogen-bond donors (Lipinski definition) is 1. The van der Waals surface area contributed by atoms with Crippen molar-refractivity contribution >= 4 is 17.5 Å². The largest absolute Gasteiger partial charge is 0.486 e. The van der Waals surface area contributed by atoms with Crippen LogP contribution in [0, 0.1) is 0 Å². The van der Waals surface area contributed by atoms with E-state index in [9.17, 15) is 4.79 Å². The van der Waals surface area contributed by atoms with Crippen molar-refractivity contribution in [1.29, 1.82) is 0 Å². The number of hydrogen-bond acceptors (Lipinski definition) is 4. The molecule has 1 aliphatic rings. The lowest BCUT2D eigenvalue weighted by atomic mass is 10.1. The Kier molecular flexibility index (Phi) is 5.48. The average Bonchev–Trinajstić information content (AvgIpc) is 3.01. The van der Waals surface area contributed by atoms with E-state index in [0.717, 1.165) is 24.2 Å². The highest BCUT2D eigenvalue weighted by Crippen LogP contribution is 2.35. The number of carbonyl (C=O) groups excluding carboxylic acids is 1. The summed E-state index contributed by atoms with van der Waals surface area (Å²) in [6.45, 7) is 3.09. The third kappa shape index (κ3) is 4.07. The zero-order chi connectivity index (χ0) is 17.8. The van der Waals surface area contributed by atoms with E-state index >= 15 is 0 Å². The fourth-order valence-electron chi connectivity index (χ4n) is 2.93. The SMILES string of the molecule is CCCC(NC(=O)Cc1cc2c(cc1Cl)OCCO2)c1nccn1C. The van der Waals surface area contributed by atoms with Crippen molar-refractivity contribution in [3.05, 3.63) is 40.9 Å². The first kappa shape index (κ1) is 17.6. The van der Waals surface area contributed by atoms with Gasteiger partial charge in [-0.25, -0.2) is 4.98 Å². The molecular formula is C18H22ClN3O3. The number of aryl methyl sites for hydroxylation is 1. The predicted octanol–water partition coefficient (Wildman–Crippen LogP) is 3.04. The zero-order valence-electron chi connectivity index (χ0n) is 14.4. The number of carbonyl (C=O) groups is 1. The van der Waals surface area contributed by atoms with E-state index in [-0.39, 0.29) is 18.4 Å². The Hall–Kier alpha value is -2.21. The summed E-state index contributed by atoms with van der Waals surface area (Å²) in [5, 5.41) is 3.57. The lowest BCUT2D eigenvalue weighted by Gasteiger charge is -2.21. The first-order valence-electron chi connectivity index (χ1n) is 8.43. The van der Waals surface area contributed by atoms with E-state index < -0.39 is 0 Å². The maximum absolute atomic E-state index is 12.5. The summed E-state index contributed by atoms with van der Waals surface area (Å²) < 4.78 is 13.0. The Morgan fingerprint density at radius 2 is 2.08 bits per heavy atom. The summed E-state index contributed by atoms with van der Waals surface area (Å²) in [5.41, 5.74) is 0.721. The number of halogens is 1. The summed E-state index contributed by atoms with van der Waals surface area (Å²) in [4.78, 5) is 16.9. The Bertz CT molecular complexity index is 760. The number of fused-ring (bicyclic) bond motifs is 1. The molecule has 1 unspecified atom stereocenters. The molecule has 0 saturated carbocycles. The first-order valence-corrected chi connectivity index (χ1v) is 8.81. The highest BCUT2D eigenvalue weighted by molar-refractivity contribution is 6.31. The second-order valence-corrected chi connectivity index (χ2v) is 6.48. The van der Waals surface area contributed by atoms with Crippen molar-refractivity contribution in [2.24, 2.45) is 7.05 Å². The molecule has 1 aromatic heterocycles. The van der Waals surface area contributed by atoms with Gasteiger partial charge < -0.3 is 19.4 Å². The van der Waals surface area contributed by atoms with Gasteiger partial charge in [0.1, 0.15) is 19.0 Å². The molecule has 1 aromatic carbocycles. The predicted molar refractivity (Wildman–Crippen MR) is 95.1 cm³/mol. The summed E-state index contributed by atoms with van der Waals surface area (Å²) >= 11 is 6.30. The molecule has 7 heteroatoms. The normalized spacial score (nSPS) is 14.2. The average molecular weight is 364 g/mol. The van der Waals surface area contributed by atoms with Gasteiger partial charge in [-0.15, -0.1) is 0 Å². The molecule has 0 radical (unpaired) electrons. The fraction of sp³-hybridized carbons (Fsp3) is 0.444. The molecule has 3 rings (SSSR count). The molecule has 0 saturated heterocycles. The minimum absolute atomic E-state index is 0.0972. The number of benzene rings is 1. The van der Waals surface area contributed by atoms with Crippen molar-refractivity contribution in [2.75, 3.05) is 13.2 Å². The Morgan fingerprint density at radius 1 is 1.36 bits per heavy atom. The van der Waals surface area contributed by atoms with Crippen molar-refractivity contribution in [3.63, 3.8) is 0 Å². The van der Waals surface area contributed by atoms with Crippen LogP contribution in [0.5, 0.6) is 11.5 Å². The molecule has 6 nitrogen and oxygen atoms in total. The Labute approximate surface area is 152 Å². The monoisotopic (exact) mass is 363 g/mol. The van der Waals surface area contributed by atoms with Crippen LogP contribution in [0.25, 0.3) is 0 Å². The molecule has 1 N–H and O–H groups in total. The van der Waals surface area contributed by atoms with E-state index in [4.69, 9.17) is 21.1 Å². The van der Waals surface area contributed by atoms with Crippen LogP contribution < -0.4 is 14.8 Å². The molecule has 134 valence electrons. The molecular weight excluding hydrogens is 342 g/mol. The van der Waals surface area contributed by atoms with Gasteiger partial charge in [0.25, 0.3) is 0 Å². The highest BCUT2D eigenvalue weighted by Gasteiger charge is 2.20.